The number of carbonyl (C=O) groups excluding carboxylic acids is 1. The molecule has 0 saturated carbocycles. The number of hydrogen-bond acceptors (Lipinski definition) is 5. The zero-order valence-electron chi connectivity index (χ0n) is 25.5. The molecule has 0 aliphatic carbocycles. The van der Waals surface area contributed by atoms with Crippen molar-refractivity contribution in [2.24, 2.45) is 0 Å². The van der Waals surface area contributed by atoms with E-state index in [0.29, 0.717) is 47.4 Å². The number of carbonyl (C=O) groups is 1. The molecule has 41 heavy (non-hydrogen) atoms. The predicted octanol–water partition coefficient (Wildman–Crippen LogP) is 9.83. The van der Waals surface area contributed by atoms with Gasteiger partial charge in [-0.05, 0) is 70.4 Å². The number of unbranched alkanes of at least 4 members (excludes halogenated alkanes) is 7. The average molecular weight is 561 g/mol. The second-order valence-electron chi connectivity index (χ2n) is 10.9. The summed E-state index contributed by atoms with van der Waals surface area (Å²) in [7, 11) is 0. The summed E-state index contributed by atoms with van der Waals surface area (Å²) < 4.78 is 24.5. The van der Waals surface area contributed by atoms with E-state index in [1.54, 1.807) is 12.1 Å². The lowest BCUT2D eigenvalue weighted by molar-refractivity contribution is 0.0662. The molecule has 0 N–H and O–H groups in total. The summed E-state index contributed by atoms with van der Waals surface area (Å²) in [6.07, 6.45) is 16.1. The van der Waals surface area contributed by atoms with Gasteiger partial charge in [0.1, 0.15) is 30.3 Å². The molecule has 0 radical (unpaired) electrons. The van der Waals surface area contributed by atoms with Crippen LogP contribution < -0.4 is 9.47 Å². The van der Waals surface area contributed by atoms with Crippen LogP contribution in [0, 0.1) is 0 Å². The molecule has 0 atom stereocenters. The molecule has 0 amide bonds. The van der Waals surface area contributed by atoms with E-state index < -0.39 is 5.97 Å². The van der Waals surface area contributed by atoms with E-state index in [9.17, 15) is 4.79 Å². The molecule has 0 saturated heterocycles. The van der Waals surface area contributed by atoms with Crippen molar-refractivity contribution < 1.29 is 23.7 Å². The van der Waals surface area contributed by atoms with Crippen molar-refractivity contribution in [3.05, 3.63) is 88.7 Å². The van der Waals surface area contributed by atoms with Crippen LogP contribution in [-0.2, 0) is 9.47 Å². The summed E-state index contributed by atoms with van der Waals surface area (Å²) in [5, 5.41) is 0. The molecule has 5 nitrogen and oxygen atoms in total. The van der Waals surface area contributed by atoms with Crippen molar-refractivity contribution in [1.82, 2.24) is 0 Å². The fraction of sp³-hybridized carbons (Fsp3) is 0.472. The topological polar surface area (TPSA) is 54.0 Å². The molecule has 1 aliphatic rings. The van der Waals surface area contributed by atoms with Crippen molar-refractivity contribution in [2.45, 2.75) is 91.9 Å². The van der Waals surface area contributed by atoms with Crippen LogP contribution in [0.1, 0.15) is 108 Å². The maximum absolute atomic E-state index is 13.1. The number of allylic oxidation sites excluding steroid dienone is 3. The van der Waals surface area contributed by atoms with Gasteiger partial charge in [-0.25, -0.2) is 4.79 Å². The van der Waals surface area contributed by atoms with Crippen LogP contribution >= 0.6 is 0 Å². The van der Waals surface area contributed by atoms with Gasteiger partial charge in [-0.1, -0.05) is 93.4 Å². The van der Waals surface area contributed by atoms with Crippen molar-refractivity contribution in [3.63, 3.8) is 0 Å². The van der Waals surface area contributed by atoms with Crippen molar-refractivity contribution >= 4 is 11.7 Å². The molecule has 0 unspecified atom stereocenters. The minimum atomic E-state index is -0.438. The summed E-state index contributed by atoms with van der Waals surface area (Å²) in [6, 6.07) is 14.7. The van der Waals surface area contributed by atoms with Gasteiger partial charge >= 0.3 is 5.97 Å². The Balaban J connectivity index is 1.73. The quantitative estimate of drug-likeness (QED) is 0.103. The third kappa shape index (κ3) is 11.1. The SMILES string of the molecule is CCCCCCCCCCOC1=C(OC(=O)c2ccccc2)c2c(OC/C=C(\C)CCC=C(C)C)cccc2OC1. The second kappa shape index (κ2) is 18.1. The van der Waals surface area contributed by atoms with Crippen molar-refractivity contribution in [3.8, 4) is 11.5 Å². The standard InChI is InChI=1S/C36H48O5/c1-5-6-7-8-9-10-11-15-25-38-33-27-40-32-23-17-22-31(39-26-24-29(4)19-16-18-28(2)3)34(32)35(33)41-36(37)30-20-13-12-14-21-30/h12-14,17-18,20-24H,5-11,15-16,19,25-27H2,1-4H3/b29-24+. The number of benzene rings is 2. The molecule has 1 aliphatic heterocycles. The predicted molar refractivity (Wildman–Crippen MR) is 167 cm³/mol. The molecule has 0 spiro atoms. The Morgan fingerprint density at radius 2 is 1.59 bits per heavy atom. The van der Waals surface area contributed by atoms with Gasteiger partial charge in [-0.3, -0.25) is 0 Å². The largest absolute Gasteiger partial charge is 0.490 e. The first-order valence-electron chi connectivity index (χ1n) is 15.3. The first kappa shape index (κ1) is 32.0. The van der Waals surface area contributed by atoms with Crippen LogP contribution in [0.15, 0.2) is 77.6 Å². The molecule has 0 bridgehead atoms. The lowest BCUT2D eigenvalue weighted by atomic mass is 10.1. The van der Waals surface area contributed by atoms with E-state index in [1.807, 2.05) is 36.4 Å². The Morgan fingerprint density at radius 3 is 2.32 bits per heavy atom. The number of hydrogen-bond donors (Lipinski definition) is 0. The number of esters is 1. The Hall–Kier alpha value is -3.47. The van der Waals surface area contributed by atoms with E-state index in [0.717, 1.165) is 25.7 Å². The van der Waals surface area contributed by atoms with Crippen LogP contribution in [0.4, 0.5) is 0 Å². The minimum Gasteiger partial charge on any atom is -0.490 e. The van der Waals surface area contributed by atoms with Gasteiger partial charge in [0.15, 0.2) is 11.5 Å². The van der Waals surface area contributed by atoms with Gasteiger partial charge in [0.05, 0.1) is 12.2 Å². The van der Waals surface area contributed by atoms with Gasteiger partial charge in [0.25, 0.3) is 0 Å². The molecule has 3 rings (SSSR count). The highest BCUT2D eigenvalue weighted by atomic mass is 16.6. The van der Waals surface area contributed by atoms with E-state index in [4.69, 9.17) is 18.9 Å². The summed E-state index contributed by atoms with van der Waals surface area (Å²) in [6.45, 7) is 9.76. The first-order chi connectivity index (χ1) is 20.0. The normalized spacial score (nSPS) is 12.8. The highest BCUT2D eigenvalue weighted by Crippen LogP contribution is 2.41. The first-order valence-corrected chi connectivity index (χ1v) is 15.3. The van der Waals surface area contributed by atoms with Crippen LogP contribution in [0.25, 0.3) is 5.76 Å². The smallest absolute Gasteiger partial charge is 0.343 e. The average Bonchev–Trinajstić information content (AvgIpc) is 2.97. The lowest BCUT2D eigenvalue weighted by Crippen LogP contribution is -2.18. The maximum atomic E-state index is 13.1. The Kier molecular flexibility index (Phi) is 14.1. The second-order valence-corrected chi connectivity index (χ2v) is 10.9. The van der Waals surface area contributed by atoms with Crippen LogP contribution in [0.2, 0.25) is 0 Å². The minimum absolute atomic E-state index is 0.203. The molecule has 2 aromatic carbocycles. The van der Waals surface area contributed by atoms with Gasteiger partial charge in [0, 0.05) is 0 Å². The molecule has 0 fully saturated rings. The van der Waals surface area contributed by atoms with E-state index in [1.165, 1.54) is 49.7 Å². The molecular weight excluding hydrogens is 512 g/mol. The summed E-state index contributed by atoms with van der Waals surface area (Å²) in [4.78, 5) is 13.1. The summed E-state index contributed by atoms with van der Waals surface area (Å²) in [5.41, 5.74) is 3.69. The summed E-state index contributed by atoms with van der Waals surface area (Å²) in [5.74, 6) is 1.67. The maximum Gasteiger partial charge on any atom is 0.343 e. The zero-order chi connectivity index (χ0) is 29.3. The Bertz CT molecular complexity index is 1170. The van der Waals surface area contributed by atoms with Crippen LogP contribution in [0.5, 0.6) is 11.5 Å². The van der Waals surface area contributed by atoms with Gasteiger partial charge in [0.2, 0.25) is 0 Å². The zero-order valence-corrected chi connectivity index (χ0v) is 25.5. The fourth-order valence-corrected chi connectivity index (χ4v) is 4.66. The highest BCUT2D eigenvalue weighted by Gasteiger charge is 2.29. The molecule has 5 heteroatoms. The number of rotatable bonds is 18. The molecule has 222 valence electrons. The van der Waals surface area contributed by atoms with Crippen LogP contribution in [0.3, 0.4) is 0 Å². The van der Waals surface area contributed by atoms with Gasteiger partial charge < -0.3 is 18.9 Å². The van der Waals surface area contributed by atoms with Crippen molar-refractivity contribution in [1.29, 1.82) is 0 Å². The van der Waals surface area contributed by atoms with Gasteiger partial charge in [-0.15, -0.1) is 0 Å². The number of fused-ring (bicyclic) bond motifs is 1. The monoisotopic (exact) mass is 560 g/mol. The van der Waals surface area contributed by atoms with Crippen molar-refractivity contribution in [2.75, 3.05) is 19.8 Å². The highest BCUT2D eigenvalue weighted by molar-refractivity contribution is 5.94. The Labute approximate surface area is 247 Å². The molecule has 0 aromatic heterocycles. The molecule has 2 aromatic rings. The molecule has 1 heterocycles. The number of ether oxygens (including phenoxy) is 4. The summed E-state index contributed by atoms with van der Waals surface area (Å²) >= 11 is 0. The van der Waals surface area contributed by atoms with Crippen LogP contribution in [-0.4, -0.2) is 25.8 Å². The van der Waals surface area contributed by atoms with Gasteiger partial charge in [-0.2, -0.15) is 0 Å². The molecular formula is C36H48O5. The van der Waals surface area contributed by atoms with E-state index in [2.05, 4.69) is 39.8 Å². The fourth-order valence-electron chi connectivity index (χ4n) is 4.66. The Morgan fingerprint density at radius 1 is 0.854 bits per heavy atom. The third-order valence-corrected chi connectivity index (χ3v) is 7.07. The third-order valence-electron chi connectivity index (χ3n) is 7.07. The van der Waals surface area contributed by atoms with E-state index in [-0.39, 0.29) is 6.61 Å². The van der Waals surface area contributed by atoms with E-state index >= 15 is 0 Å². The lowest BCUT2D eigenvalue weighted by Gasteiger charge is -2.25.